The lowest BCUT2D eigenvalue weighted by atomic mass is 10.1. The molecule has 0 bridgehead atoms. The lowest BCUT2D eigenvalue weighted by Crippen LogP contribution is -2.15. The van der Waals surface area contributed by atoms with Gasteiger partial charge in [0.2, 0.25) is 0 Å². The standard InChI is InChI=1S/C10H12ClNO2/c1-7-5-8(6-12-10(11)13)3-4-9(7)14-2/h3-5H,6H2,1-2H3,(H,12,13). The molecule has 1 rings (SSSR count). The van der Waals surface area contributed by atoms with E-state index >= 15 is 0 Å². The Morgan fingerprint density at radius 1 is 1.57 bits per heavy atom. The summed E-state index contributed by atoms with van der Waals surface area (Å²) in [4.78, 5) is 10.5. The van der Waals surface area contributed by atoms with Crippen LogP contribution in [0.4, 0.5) is 4.79 Å². The molecule has 1 amide bonds. The van der Waals surface area contributed by atoms with Crippen LogP contribution in [0.2, 0.25) is 0 Å². The Morgan fingerprint density at radius 3 is 2.79 bits per heavy atom. The maximum absolute atomic E-state index is 10.5. The molecule has 0 radical (unpaired) electrons. The van der Waals surface area contributed by atoms with Gasteiger partial charge in [-0.15, -0.1) is 0 Å². The number of nitrogens with one attached hydrogen (secondary N) is 1. The molecule has 0 saturated carbocycles. The van der Waals surface area contributed by atoms with Gasteiger partial charge >= 0.3 is 5.37 Å². The van der Waals surface area contributed by atoms with Crippen molar-refractivity contribution in [2.24, 2.45) is 0 Å². The van der Waals surface area contributed by atoms with Crippen LogP contribution in [0.15, 0.2) is 18.2 Å². The van der Waals surface area contributed by atoms with E-state index in [4.69, 9.17) is 16.3 Å². The van der Waals surface area contributed by atoms with Gasteiger partial charge in [0, 0.05) is 6.54 Å². The van der Waals surface area contributed by atoms with Crippen LogP contribution in [-0.4, -0.2) is 12.5 Å². The van der Waals surface area contributed by atoms with Crippen molar-refractivity contribution in [2.75, 3.05) is 7.11 Å². The maximum atomic E-state index is 10.5. The Morgan fingerprint density at radius 2 is 2.29 bits per heavy atom. The smallest absolute Gasteiger partial charge is 0.314 e. The van der Waals surface area contributed by atoms with Crippen LogP contribution in [0.1, 0.15) is 11.1 Å². The number of hydrogen-bond acceptors (Lipinski definition) is 2. The predicted octanol–water partition coefficient (Wildman–Crippen LogP) is 2.45. The van der Waals surface area contributed by atoms with Gasteiger partial charge in [-0.3, -0.25) is 4.79 Å². The molecule has 0 atom stereocenters. The second-order valence-corrected chi connectivity index (χ2v) is 3.27. The second kappa shape index (κ2) is 4.86. The van der Waals surface area contributed by atoms with Gasteiger partial charge in [0.15, 0.2) is 0 Å². The number of carbonyl (C=O) groups is 1. The fourth-order valence-electron chi connectivity index (χ4n) is 1.22. The van der Waals surface area contributed by atoms with Gasteiger partial charge in [0.1, 0.15) is 5.75 Å². The van der Waals surface area contributed by atoms with Crippen LogP contribution in [0.5, 0.6) is 5.75 Å². The van der Waals surface area contributed by atoms with E-state index in [2.05, 4.69) is 5.32 Å². The first-order valence-corrected chi connectivity index (χ1v) is 4.58. The molecule has 0 aromatic heterocycles. The fraction of sp³-hybridized carbons (Fsp3) is 0.300. The van der Waals surface area contributed by atoms with E-state index in [0.29, 0.717) is 6.54 Å². The first kappa shape index (κ1) is 10.9. The maximum Gasteiger partial charge on any atom is 0.314 e. The van der Waals surface area contributed by atoms with E-state index in [1.54, 1.807) is 7.11 Å². The quantitative estimate of drug-likeness (QED) is 0.619. The highest BCUT2D eigenvalue weighted by molar-refractivity contribution is 6.62. The van der Waals surface area contributed by atoms with Crippen LogP contribution in [-0.2, 0) is 6.54 Å². The van der Waals surface area contributed by atoms with Gasteiger partial charge in [-0.1, -0.05) is 12.1 Å². The SMILES string of the molecule is COc1ccc(CNC(=O)Cl)cc1C. The highest BCUT2D eigenvalue weighted by atomic mass is 35.5. The summed E-state index contributed by atoms with van der Waals surface area (Å²) in [6, 6.07) is 5.70. The minimum atomic E-state index is -0.543. The number of carbonyl (C=O) groups excluding carboxylic acids is 1. The zero-order chi connectivity index (χ0) is 10.6. The monoisotopic (exact) mass is 213 g/mol. The molecule has 3 nitrogen and oxygen atoms in total. The van der Waals surface area contributed by atoms with E-state index in [1.165, 1.54) is 0 Å². The molecule has 0 aliphatic rings. The van der Waals surface area contributed by atoms with Gasteiger partial charge in [-0.05, 0) is 35.7 Å². The van der Waals surface area contributed by atoms with E-state index in [0.717, 1.165) is 16.9 Å². The molecule has 0 heterocycles. The largest absolute Gasteiger partial charge is 0.496 e. The summed E-state index contributed by atoms with van der Waals surface area (Å²) in [5.41, 5.74) is 2.03. The topological polar surface area (TPSA) is 38.3 Å². The highest BCUT2D eigenvalue weighted by Crippen LogP contribution is 2.18. The third-order valence-electron chi connectivity index (χ3n) is 1.89. The number of hydrogen-bond donors (Lipinski definition) is 1. The van der Waals surface area contributed by atoms with Crippen LogP contribution < -0.4 is 10.1 Å². The second-order valence-electron chi connectivity index (χ2n) is 2.93. The van der Waals surface area contributed by atoms with E-state index in [1.807, 2.05) is 25.1 Å². The van der Waals surface area contributed by atoms with Crippen molar-refractivity contribution in [1.29, 1.82) is 0 Å². The van der Waals surface area contributed by atoms with E-state index in [-0.39, 0.29) is 0 Å². The van der Waals surface area contributed by atoms with Crippen molar-refractivity contribution < 1.29 is 9.53 Å². The number of halogens is 1. The van der Waals surface area contributed by atoms with Crippen molar-refractivity contribution in [3.8, 4) is 5.75 Å². The highest BCUT2D eigenvalue weighted by Gasteiger charge is 2.00. The van der Waals surface area contributed by atoms with Gasteiger partial charge in [0.05, 0.1) is 7.11 Å². The Bertz CT molecular complexity index is 339. The van der Waals surface area contributed by atoms with Crippen molar-refractivity contribution >= 4 is 17.0 Å². The molecule has 1 aromatic rings. The van der Waals surface area contributed by atoms with Gasteiger partial charge in [-0.2, -0.15) is 0 Å². The molecule has 1 aromatic carbocycles. The van der Waals surface area contributed by atoms with Crippen molar-refractivity contribution in [1.82, 2.24) is 5.32 Å². The molecule has 4 heteroatoms. The first-order valence-electron chi connectivity index (χ1n) is 4.20. The Balaban J connectivity index is 2.71. The number of rotatable bonds is 3. The summed E-state index contributed by atoms with van der Waals surface area (Å²) in [5.74, 6) is 0.839. The molecule has 14 heavy (non-hydrogen) atoms. The molecule has 0 aliphatic heterocycles. The lowest BCUT2D eigenvalue weighted by molar-refractivity contribution is 0.259. The van der Waals surface area contributed by atoms with E-state index < -0.39 is 5.37 Å². The van der Waals surface area contributed by atoms with Crippen molar-refractivity contribution in [3.63, 3.8) is 0 Å². The normalized spacial score (nSPS) is 9.64. The van der Waals surface area contributed by atoms with Gasteiger partial charge < -0.3 is 10.1 Å². The first-order chi connectivity index (χ1) is 6.63. The fourth-order valence-corrected chi connectivity index (χ4v) is 1.29. The van der Waals surface area contributed by atoms with Gasteiger partial charge in [-0.25, -0.2) is 0 Å². The third-order valence-corrected chi connectivity index (χ3v) is 2.02. The number of methoxy groups -OCH3 is 1. The molecule has 1 N–H and O–H groups in total. The van der Waals surface area contributed by atoms with Crippen LogP contribution >= 0.6 is 11.6 Å². The molecular formula is C10H12ClNO2. The molecule has 0 aliphatic carbocycles. The number of aryl methyl sites for hydroxylation is 1. The Hall–Kier alpha value is -1.22. The zero-order valence-electron chi connectivity index (χ0n) is 8.13. The Labute approximate surface area is 88.0 Å². The Kier molecular flexibility index (Phi) is 3.77. The van der Waals surface area contributed by atoms with Crippen molar-refractivity contribution in [3.05, 3.63) is 29.3 Å². The molecule has 76 valence electrons. The number of benzene rings is 1. The summed E-state index contributed by atoms with van der Waals surface area (Å²) in [7, 11) is 1.63. The zero-order valence-corrected chi connectivity index (χ0v) is 8.89. The predicted molar refractivity (Wildman–Crippen MR) is 55.8 cm³/mol. The minimum absolute atomic E-state index is 0.438. The molecule has 0 unspecified atom stereocenters. The number of amides is 1. The van der Waals surface area contributed by atoms with Crippen LogP contribution in [0, 0.1) is 6.92 Å². The average Bonchev–Trinajstić information content (AvgIpc) is 2.15. The minimum Gasteiger partial charge on any atom is -0.496 e. The molecule has 0 spiro atoms. The molecule has 0 fully saturated rings. The summed E-state index contributed by atoms with van der Waals surface area (Å²) in [5, 5.41) is 1.97. The lowest BCUT2D eigenvalue weighted by Gasteiger charge is -2.07. The van der Waals surface area contributed by atoms with E-state index in [9.17, 15) is 4.79 Å². The summed E-state index contributed by atoms with van der Waals surface area (Å²) in [6.45, 7) is 2.39. The third kappa shape index (κ3) is 2.92. The number of ether oxygens (including phenoxy) is 1. The van der Waals surface area contributed by atoms with Crippen LogP contribution in [0.3, 0.4) is 0 Å². The average molecular weight is 214 g/mol. The molecule has 0 saturated heterocycles. The molecular weight excluding hydrogens is 202 g/mol. The van der Waals surface area contributed by atoms with Gasteiger partial charge in [0.25, 0.3) is 0 Å². The summed E-state index contributed by atoms with van der Waals surface area (Å²) in [6.07, 6.45) is 0. The van der Waals surface area contributed by atoms with Crippen LogP contribution in [0.25, 0.3) is 0 Å². The van der Waals surface area contributed by atoms with Crippen molar-refractivity contribution in [2.45, 2.75) is 13.5 Å². The summed E-state index contributed by atoms with van der Waals surface area (Å²) < 4.78 is 5.11. The summed E-state index contributed by atoms with van der Waals surface area (Å²) >= 11 is 5.15.